The summed E-state index contributed by atoms with van der Waals surface area (Å²) in [5.41, 5.74) is 0.637. The summed E-state index contributed by atoms with van der Waals surface area (Å²) in [5.74, 6) is 1.07. The van der Waals surface area contributed by atoms with Crippen LogP contribution >= 0.6 is 0 Å². The summed E-state index contributed by atoms with van der Waals surface area (Å²) in [6, 6.07) is 7.51. The number of ether oxygens (including phenoxy) is 1. The number of benzene rings is 1. The molecule has 25 heavy (non-hydrogen) atoms. The number of nitrogens with one attached hydrogen (secondary N) is 2. The van der Waals surface area contributed by atoms with Gasteiger partial charge in [-0.2, -0.15) is 0 Å². The van der Waals surface area contributed by atoms with Crippen LogP contribution in [-0.2, 0) is 9.59 Å². The molecule has 138 valence electrons. The van der Waals surface area contributed by atoms with E-state index in [2.05, 4.69) is 10.6 Å². The number of methoxy groups -OCH3 is 1. The van der Waals surface area contributed by atoms with Gasteiger partial charge < -0.3 is 15.4 Å². The standard InChI is InChI=1S/C19H29N3O3/c1-4-11-22(12-18(23)20-14(2)15-9-10-15)13-19(24)21-16-7-5-6-8-17(16)25-3/h5-8,14-15H,4,9-13H2,1-3H3,(H,20,23)(H,21,24). The number of hydrogen-bond acceptors (Lipinski definition) is 4. The topological polar surface area (TPSA) is 70.7 Å². The minimum absolute atomic E-state index is 0.0158. The van der Waals surface area contributed by atoms with E-state index >= 15 is 0 Å². The Labute approximate surface area is 149 Å². The second-order valence-electron chi connectivity index (χ2n) is 6.65. The first-order chi connectivity index (χ1) is 12.0. The SMILES string of the molecule is CCCN(CC(=O)Nc1ccccc1OC)CC(=O)NC(C)C1CC1. The van der Waals surface area contributed by atoms with Crippen molar-refractivity contribution >= 4 is 17.5 Å². The quantitative estimate of drug-likeness (QED) is 0.681. The molecule has 6 nitrogen and oxygen atoms in total. The van der Waals surface area contributed by atoms with Crippen molar-refractivity contribution in [3.63, 3.8) is 0 Å². The van der Waals surface area contributed by atoms with Crippen LogP contribution in [0.3, 0.4) is 0 Å². The number of para-hydroxylation sites is 2. The molecular weight excluding hydrogens is 318 g/mol. The molecule has 1 aliphatic rings. The number of rotatable bonds is 10. The Balaban J connectivity index is 1.86. The summed E-state index contributed by atoms with van der Waals surface area (Å²) in [5, 5.41) is 5.89. The summed E-state index contributed by atoms with van der Waals surface area (Å²) in [7, 11) is 1.57. The summed E-state index contributed by atoms with van der Waals surface area (Å²) in [4.78, 5) is 26.4. The molecule has 0 saturated heterocycles. The summed E-state index contributed by atoms with van der Waals surface area (Å²) >= 11 is 0. The van der Waals surface area contributed by atoms with Gasteiger partial charge in [0.1, 0.15) is 5.75 Å². The van der Waals surface area contributed by atoms with Crippen molar-refractivity contribution in [3.8, 4) is 5.75 Å². The van der Waals surface area contributed by atoms with E-state index < -0.39 is 0 Å². The lowest BCUT2D eigenvalue weighted by molar-refractivity contribution is -0.124. The molecule has 0 aliphatic heterocycles. The molecule has 1 unspecified atom stereocenters. The van der Waals surface area contributed by atoms with Crippen molar-refractivity contribution in [1.82, 2.24) is 10.2 Å². The Hall–Kier alpha value is -2.08. The van der Waals surface area contributed by atoms with Crippen molar-refractivity contribution in [2.24, 2.45) is 5.92 Å². The highest BCUT2D eigenvalue weighted by Gasteiger charge is 2.29. The summed E-state index contributed by atoms with van der Waals surface area (Å²) < 4.78 is 5.24. The molecule has 0 spiro atoms. The van der Waals surface area contributed by atoms with Gasteiger partial charge >= 0.3 is 0 Å². The lowest BCUT2D eigenvalue weighted by Gasteiger charge is -2.22. The molecule has 6 heteroatoms. The van der Waals surface area contributed by atoms with Crippen LogP contribution in [0.4, 0.5) is 5.69 Å². The number of anilines is 1. The fourth-order valence-electron chi connectivity index (χ4n) is 2.89. The van der Waals surface area contributed by atoms with Crippen LogP contribution in [-0.4, -0.2) is 49.5 Å². The third-order valence-corrected chi connectivity index (χ3v) is 4.37. The van der Waals surface area contributed by atoms with Crippen LogP contribution in [0.2, 0.25) is 0 Å². The van der Waals surface area contributed by atoms with Crippen molar-refractivity contribution in [1.29, 1.82) is 0 Å². The van der Waals surface area contributed by atoms with Gasteiger partial charge in [-0.1, -0.05) is 19.1 Å². The Bertz CT molecular complexity index is 587. The van der Waals surface area contributed by atoms with Crippen LogP contribution < -0.4 is 15.4 Å². The molecule has 1 aromatic carbocycles. The molecule has 2 amide bonds. The molecule has 1 fully saturated rings. The molecule has 0 aromatic heterocycles. The maximum atomic E-state index is 12.3. The summed E-state index contributed by atoms with van der Waals surface area (Å²) in [6.07, 6.45) is 3.27. The minimum Gasteiger partial charge on any atom is -0.495 e. The van der Waals surface area contributed by atoms with Crippen LogP contribution in [0.25, 0.3) is 0 Å². The zero-order chi connectivity index (χ0) is 18.2. The van der Waals surface area contributed by atoms with Gasteiger partial charge in [0, 0.05) is 6.04 Å². The molecule has 1 saturated carbocycles. The van der Waals surface area contributed by atoms with Gasteiger partial charge in [-0.15, -0.1) is 0 Å². The minimum atomic E-state index is -0.152. The van der Waals surface area contributed by atoms with Gasteiger partial charge in [-0.3, -0.25) is 14.5 Å². The smallest absolute Gasteiger partial charge is 0.238 e. The zero-order valence-corrected chi connectivity index (χ0v) is 15.4. The predicted octanol–water partition coefficient (Wildman–Crippen LogP) is 2.26. The fraction of sp³-hybridized carbons (Fsp3) is 0.579. The third kappa shape index (κ3) is 6.38. The van der Waals surface area contributed by atoms with Crippen molar-refractivity contribution in [3.05, 3.63) is 24.3 Å². The Morgan fingerprint density at radius 1 is 1.24 bits per heavy atom. The van der Waals surface area contributed by atoms with Crippen molar-refractivity contribution in [2.45, 2.75) is 39.2 Å². The lowest BCUT2D eigenvalue weighted by atomic mass is 10.2. The average Bonchev–Trinajstić information content (AvgIpc) is 3.40. The zero-order valence-electron chi connectivity index (χ0n) is 15.4. The van der Waals surface area contributed by atoms with Gasteiger partial charge in [0.05, 0.1) is 25.9 Å². The molecule has 1 aliphatic carbocycles. The van der Waals surface area contributed by atoms with E-state index in [9.17, 15) is 9.59 Å². The van der Waals surface area contributed by atoms with Gasteiger partial charge in [0.15, 0.2) is 0 Å². The van der Waals surface area contributed by atoms with Crippen LogP contribution in [0, 0.1) is 5.92 Å². The van der Waals surface area contributed by atoms with E-state index in [1.165, 1.54) is 12.8 Å². The van der Waals surface area contributed by atoms with Crippen molar-refractivity contribution in [2.75, 3.05) is 32.1 Å². The Morgan fingerprint density at radius 2 is 1.92 bits per heavy atom. The second kappa shape index (κ2) is 9.42. The molecule has 1 aromatic rings. The van der Waals surface area contributed by atoms with Gasteiger partial charge in [0.2, 0.25) is 11.8 Å². The first-order valence-corrected chi connectivity index (χ1v) is 8.98. The molecule has 0 bridgehead atoms. The predicted molar refractivity (Wildman–Crippen MR) is 98.7 cm³/mol. The van der Waals surface area contributed by atoms with Crippen LogP contribution in [0.15, 0.2) is 24.3 Å². The van der Waals surface area contributed by atoms with E-state index in [0.29, 0.717) is 23.9 Å². The molecular formula is C19H29N3O3. The van der Waals surface area contributed by atoms with Crippen LogP contribution in [0.5, 0.6) is 5.75 Å². The second-order valence-corrected chi connectivity index (χ2v) is 6.65. The van der Waals surface area contributed by atoms with Gasteiger partial charge in [-0.05, 0) is 50.8 Å². The number of hydrogen-bond donors (Lipinski definition) is 2. The van der Waals surface area contributed by atoms with E-state index in [1.54, 1.807) is 19.2 Å². The maximum Gasteiger partial charge on any atom is 0.238 e. The highest BCUT2D eigenvalue weighted by Crippen LogP contribution is 2.32. The van der Waals surface area contributed by atoms with E-state index in [1.807, 2.05) is 30.9 Å². The number of carbonyl (C=O) groups excluding carboxylic acids is 2. The third-order valence-electron chi connectivity index (χ3n) is 4.37. The molecule has 2 rings (SSSR count). The fourth-order valence-corrected chi connectivity index (χ4v) is 2.89. The Kier molecular flexibility index (Phi) is 7.25. The number of amides is 2. The van der Waals surface area contributed by atoms with E-state index in [4.69, 9.17) is 4.74 Å². The lowest BCUT2D eigenvalue weighted by Crippen LogP contribution is -2.44. The van der Waals surface area contributed by atoms with Gasteiger partial charge in [0.25, 0.3) is 0 Å². The highest BCUT2D eigenvalue weighted by atomic mass is 16.5. The average molecular weight is 347 g/mol. The largest absolute Gasteiger partial charge is 0.495 e. The first kappa shape index (κ1) is 19.2. The van der Waals surface area contributed by atoms with Gasteiger partial charge in [-0.25, -0.2) is 0 Å². The monoisotopic (exact) mass is 347 g/mol. The van der Waals surface area contributed by atoms with E-state index in [-0.39, 0.29) is 30.9 Å². The first-order valence-electron chi connectivity index (χ1n) is 8.98. The maximum absolute atomic E-state index is 12.3. The molecule has 2 N–H and O–H groups in total. The van der Waals surface area contributed by atoms with Crippen LogP contribution in [0.1, 0.15) is 33.1 Å². The molecule has 0 radical (unpaired) electrons. The normalized spacial score (nSPS) is 14.9. The van der Waals surface area contributed by atoms with Crippen molar-refractivity contribution < 1.29 is 14.3 Å². The molecule has 1 atom stereocenters. The Morgan fingerprint density at radius 3 is 2.56 bits per heavy atom. The number of carbonyl (C=O) groups is 2. The summed E-state index contributed by atoms with van der Waals surface area (Å²) in [6.45, 7) is 5.20. The highest BCUT2D eigenvalue weighted by molar-refractivity contribution is 5.94. The number of nitrogens with zero attached hydrogens (tertiary/aromatic N) is 1. The molecule has 0 heterocycles. The van der Waals surface area contributed by atoms with E-state index in [0.717, 1.165) is 6.42 Å².